The Morgan fingerprint density at radius 2 is 2.07 bits per heavy atom. The first-order chi connectivity index (χ1) is 14.4. The van der Waals surface area contributed by atoms with Crippen molar-refractivity contribution in [2.75, 3.05) is 25.1 Å². The number of nitrogens with one attached hydrogen (secondary N) is 2. The van der Waals surface area contributed by atoms with Gasteiger partial charge in [-0.3, -0.25) is 14.4 Å². The van der Waals surface area contributed by atoms with E-state index < -0.39 is 37.2 Å². The number of amides is 3. The molecule has 10 heteroatoms. The molecule has 9 nitrogen and oxygen atoms in total. The molecule has 3 heterocycles. The van der Waals surface area contributed by atoms with Gasteiger partial charge in [-0.1, -0.05) is 6.07 Å². The van der Waals surface area contributed by atoms with Crippen LogP contribution in [0.4, 0.5) is 5.69 Å². The SMILES string of the molecule is O=C(O)COCC(=O)NC1CCN2C(=O)c3cc(-c4ccsc4)ccc3NC(=O)C12. The van der Waals surface area contributed by atoms with Crippen molar-refractivity contribution in [1.29, 1.82) is 0 Å². The Kier molecular flexibility index (Phi) is 5.51. The standard InChI is InChI=1S/C20H19N3O6S/c24-16(8-29-9-17(25)26)21-15-3-5-23-18(15)19(27)22-14-2-1-11(7-13(14)20(23)28)12-4-6-30-10-12/h1-2,4,6-7,10,15,18H,3,5,8-9H2,(H,21,24)(H,22,27)(H,25,26). The van der Waals surface area contributed by atoms with Crippen molar-refractivity contribution in [1.82, 2.24) is 10.2 Å². The van der Waals surface area contributed by atoms with Gasteiger partial charge in [0.2, 0.25) is 11.8 Å². The van der Waals surface area contributed by atoms with E-state index in [4.69, 9.17) is 9.84 Å². The maximum absolute atomic E-state index is 13.2. The first-order valence-corrected chi connectivity index (χ1v) is 10.3. The van der Waals surface area contributed by atoms with Crippen molar-refractivity contribution in [3.05, 3.63) is 40.6 Å². The first-order valence-electron chi connectivity index (χ1n) is 9.31. The van der Waals surface area contributed by atoms with Crippen LogP contribution in [0.3, 0.4) is 0 Å². The van der Waals surface area contributed by atoms with Crippen LogP contribution in [0.15, 0.2) is 35.0 Å². The van der Waals surface area contributed by atoms with E-state index in [0.29, 0.717) is 24.2 Å². The van der Waals surface area contributed by atoms with Crippen molar-refractivity contribution in [2.45, 2.75) is 18.5 Å². The van der Waals surface area contributed by atoms with E-state index in [-0.39, 0.29) is 11.8 Å². The molecule has 1 aromatic carbocycles. The molecule has 2 aromatic rings. The highest BCUT2D eigenvalue weighted by Crippen LogP contribution is 2.32. The maximum atomic E-state index is 13.2. The third-order valence-electron chi connectivity index (χ3n) is 5.09. The van der Waals surface area contributed by atoms with Crippen LogP contribution in [0.2, 0.25) is 0 Å². The number of nitrogens with zero attached hydrogens (tertiary/aromatic N) is 1. The van der Waals surface area contributed by atoms with Gasteiger partial charge in [0.05, 0.1) is 17.3 Å². The Morgan fingerprint density at radius 1 is 1.23 bits per heavy atom. The third kappa shape index (κ3) is 3.91. The van der Waals surface area contributed by atoms with E-state index in [0.717, 1.165) is 11.1 Å². The molecule has 1 fully saturated rings. The van der Waals surface area contributed by atoms with E-state index in [1.807, 2.05) is 22.9 Å². The van der Waals surface area contributed by atoms with Gasteiger partial charge in [0, 0.05) is 6.54 Å². The van der Waals surface area contributed by atoms with E-state index >= 15 is 0 Å². The molecule has 3 amide bonds. The molecule has 0 saturated carbocycles. The summed E-state index contributed by atoms with van der Waals surface area (Å²) in [6.45, 7) is -0.705. The monoisotopic (exact) mass is 429 g/mol. The Labute approximate surface area is 175 Å². The molecule has 0 radical (unpaired) electrons. The number of ether oxygens (including phenoxy) is 1. The summed E-state index contributed by atoms with van der Waals surface area (Å²) in [4.78, 5) is 50.1. The quantitative estimate of drug-likeness (QED) is 0.633. The number of rotatable bonds is 6. The zero-order chi connectivity index (χ0) is 21.3. The Morgan fingerprint density at radius 3 is 2.80 bits per heavy atom. The summed E-state index contributed by atoms with van der Waals surface area (Å²) < 4.78 is 4.78. The van der Waals surface area contributed by atoms with Crippen LogP contribution in [0.25, 0.3) is 11.1 Å². The second-order valence-electron chi connectivity index (χ2n) is 7.05. The molecule has 0 spiro atoms. The number of aliphatic carboxylic acids is 1. The summed E-state index contributed by atoms with van der Waals surface area (Å²) in [5.74, 6) is -2.36. The minimum absolute atomic E-state index is 0.274. The van der Waals surface area contributed by atoms with Gasteiger partial charge in [-0.2, -0.15) is 11.3 Å². The Bertz CT molecular complexity index is 1010. The molecule has 0 aliphatic carbocycles. The maximum Gasteiger partial charge on any atom is 0.329 e. The summed E-state index contributed by atoms with van der Waals surface area (Å²) in [7, 11) is 0. The molecular weight excluding hydrogens is 410 g/mol. The molecule has 2 aliphatic rings. The minimum Gasteiger partial charge on any atom is -0.480 e. The second kappa shape index (κ2) is 8.25. The van der Waals surface area contributed by atoms with Crippen LogP contribution in [-0.2, 0) is 19.1 Å². The third-order valence-corrected chi connectivity index (χ3v) is 5.78. The molecule has 4 rings (SSSR count). The summed E-state index contributed by atoms with van der Waals surface area (Å²) in [5.41, 5.74) is 2.73. The number of anilines is 1. The average molecular weight is 429 g/mol. The van der Waals surface area contributed by atoms with Crippen LogP contribution < -0.4 is 10.6 Å². The Balaban J connectivity index is 1.52. The minimum atomic E-state index is -1.18. The highest BCUT2D eigenvalue weighted by Gasteiger charge is 2.45. The number of carbonyl (C=O) groups excluding carboxylic acids is 3. The number of thiophene rings is 1. The summed E-state index contributed by atoms with van der Waals surface area (Å²) in [6, 6.07) is 5.87. The zero-order valence-corrected chi connectivity index (χ0v) is 16.6. The van der Waals surface area contributed by atoms with Crippen molar-refractivity contribution in [3.8, 4) is 11.1 Å². The second-order valence-corrected chi connectivity index (χ2v) is 7.83. The van der Waals surface area contributed by atoms with Crippen molar-refractivity contribution < 1.29 is 29.0 Å². The highest BCUT2D eigenvalue weighted by atomic mass is 32.1. The smallest absolute Gasteiger partial charge is 0.329 e. The lowest BCUT2D eigenvalue weighted by Crippen LogP contribution is -2.52. The fraction of sp³-hybridized carbons (Fsp3) is 0.300. The number of carboxylic acid groups (broad SMARTS) is 1. The predicted molar refractivity (Wildman–Crippen MR) is 108 cm³/mol. The average Bonchev–Trinajstić information content (AvgIpc) is 3.35. The van der Waals surface area contributed by atoms with Gasteiger partial charge in [-0.15, -0.1) is 0 Å². The number of hydrogen-bond donors (Lipinski definition) is 3. The summed E-state index contributed by atoms with van der Waals surface area (Å²) in [6.07, 6.45) is 0.411. The normalized spacial score (nSPS) is 20.2. The molecule has 30 heavy (non-hydrogen) atoms. The van der Waals surface area contributed by atoms with Gasteiger partial charge in [-0.05, 0) is 46.5 Å². The lowest BCUT2D eigenvalue weighted by Gasteiger charge is -2.24. The number of carboxylic acids is 1. The molecule has 1 saturated heterocycles. The van der Waals surface area contributed by atoms with Gasteiger partial charge < -0.3 is 25.4 Å². The molecule has 0 bridgehead atoms. The molecule has 2 aliphatic heterocycles. The molecule has 1 aromatic heterocycles. The largest absolute Gasteiger partial charge is 0.480 e. The van der Waals surface area contributed by atoms with Gasteiger partial charge in [0.25, 0.3) is 5.91 Å². The van der Waals surface area contributed by atoms with Crippen LogP contribution in [-0.4, -0.2) is 65.5 Å². The van der Waals surface area contributed by atoms with E-state index in [1.165, 1.54) is 4.90 Å². The fourth-order valence-electron chi connectivity index (χ4n) is 3.77. The number of hydrogen-bond acceptors (Lipinski definition) is 6. The molecular formula is C20H19N3O6S. The fourth-order valence-corrected chi connectivity index (χ4v) is 4.44. The predicted octanol–water partition coefficient (Wildman–Crippen LogP) is 1.17. The summed E-state index contributed by atoms with van der Waals surface area (Å²) >= 11 is 1.56. The van der Waals surface area contributed by atoms with Crippen molar-refractivity contribution in [2.24, 2.45) is 0 Å². The molecule has 156 valence electrons. The number of carbonyl (C=O) groups is 4. The topological polar surface area (TPSA) is 125 Å². The van der Waals surface area contributed by atoms with Crippen LogP contribution >= 0.6 is 11.3 Å². The highest BCUT2D eigenvalue weighted by molar-refractivity contribution is 7.08. The summed E-state index contributed by atoms with van der Waals surface area (Å²) in [5, 5.41) is 18.0. The zero-order valence-electron chi connectivity index (χ0n) is 15.8. The molecule has 3 N–H and O–H groups in total. The van der Waals surface area contributed by atoms with Gasteiger partial charge in [0.15, 0.2) is 0 Å². The van der Waals surface area contributed by atoms with Gasteiger partial charge in [0.1, 0.15) is 19.3 Å². The van der Waals surface area contributed by atoms with Crippen molar-refractivity contribution in [3.63, 3.8) is 0 Å². The van der Waals surface area contributed by atoms with Crippen LogP contribution in [0, 0.1) is 0 Å². The van der Waals surface area contributed by atoms with Crippen LogP contribution in [0.1, 0.15) is 16.8 Å². The van der Waals surface area contributed by atoms with E-state index in [2.05, 4.69) is 10.6 Å². The lowest BCUT2D eigenvalue weighted by atomic mass is 10.0. The molecule has 2 unspecified atom stereocenters. The van der Waals surface area contributed by atoms with Crippen molar-refractivity contribution >= 4 is 40.7 Å². The Hall–Kier alpha value is -3.24. The van der Waals surface area contributed by atoms with Gasteiger partial charge >= 0.3 is 5.97 Å². The number of benzene rings is 1. The van der Waals surface area contributed by atoms with Crippen LogP contribution in [0.5, 0.6) is 0 Å². The lowest BCUT2D eigenvalue weighted by molar-refractivity contribution is -0.143. The van der Waals surface area contributed by atoms with E-state index in [1.54, 1.807) is 23.5 Å². The number of fused-ring (bicyclic) bond motifs is 2. The first kappa shape index (κ1) is 20.0. The van der Waals surface area contributed by atoms with Gasteiger partial charge in [-0.25, -0.2) is 4.79 Å². The molecule has 2 atom stereocenters. The van der Waals surface area contributed by atoms with E-state index in [9.17, 15) is 19.2 Å².